The zero-order valence-corrected chi connectivity index (χ0v) is 13.0. The minimum absolute atomic E-state index is 0.569. The van der Waals surface area contributed by atoms with Crippen molar-refractivity contribution in [3.05, 3.63) is 48.2 Å². The Kier molecular flexibility index (Phi) is 2.90. The first-order chi connectivity index (χ1) is 11.1. The first-order valence-corrected chi connectivity index (χ1v) is 7.14. The highest BCUT2D eigenvalue weighted by Gasteiger charge is 2.17. The van der Waals surface area contributed by atoms with Crippen LogP contribution >= 0.6 is 0 Å². The summed E-state index contributed by atoms with van der Waals surface area (Å²) in [6, 6.07) is 2.00. The molecule has 4 aromatic heterocycles. The van der Waals surface area contributed by atoms with Gasteiger partial charge in [-0.3, -0.25) is 4.98 Å². The zero-order valence-electron chi connectivity index (χ0n) is 13.0. The Hall–Kier alpha value is -3.16. The maximum Gasteiger partial charge on any atom is 0.185 e. The quantitative estimate of drug-likeness (QED) is 0.560. The Bertz CT molecular complexity index is 1000. The lowest BCUT2D eigenvalue weighted by molar-refractivity contribution is 0.799. The molecule has 0 atom stereocenters. The number of fused-ring (bicyclic) bond motifs is 1. The van der Waals surface area contributed by atoms with Crippen LogP contribution in [0.2, 0.25) is 0 Å². The van der Waals surface area contributed by atoms with Crippen LogP contribution in [0.25, 0.3) is 22.7 Å². The van der Waals surface area contributed by atoms with Crippen LogP contribution in [-0.4, -0.2) is 39.3 Å². The molecule has 0 amide bonds. The first-order valence-electron chi connectivity index (χ1n) is 7.14. The highest BCUT2D eigenvalue weighted by molar-refractivity contribution is 5.67. The molecule has 0 bridgehead atoms. The van der Waals surface area contributed by atoms with Gasteiger partial charge in [-0.25, -0.2) is 24.1 Å². The fourth-order valence-electron chi connectivity index (χ4n) is 2.58. The van der Waals surface area contributed by atoms with Gasteiger partial charge in [0.25, 0.3) is 0 Å². The number of pyridine rings is 1. The van der Waals surface area contributed by atoms with Crippen molar-refractivity contribution in [3.63, 3.8) is 0 Å². The molecule has 8 heteroatoms. The van der Waals surface area contributed by atoms with Gasteiger partial charge in [0.1, 0.15) is 24.0 Å². The van der Waals surface area contributed by atoms with E-state index < -0.39 is 0 Å². The third kappa shape index (κ3) is 2.15. The van der Waals surface area contributed by atoms with Gasteiger partial charge in [-0.15, -0.1) is 5.10 Å². The van der Waals surface area contributed by atoms with E-state index in [1.54, 1.807) is 27.9 Å². The van der Waals surface area contributed by atoms with Gasteiger partial charge in [0.05, 0.1) is 5.69 Å². The molecular formula is C15H14N8. The van der Waals surface area contributed by atoms with E-state index in [2.05, 4.69) is 30.1 Å². The van der Waals surface area contributed by atoms with Crippen LogP contribution in [0.3, 0.4) is 0 Å². The summed E-state index contributed by atoms with van der Waals surface area (Å²) in [5.74, 6) is 2.01. The third-order valence-electron chi connectivity index (χ3n) is 3.58. The number of rotatable bonds is 2. The van der Waals surface area contributed by atoms with Crippen LogP contribution in [-0.2, 0) is 0 Å². The number of imidazole rings is 1. The highest BCUT2D eigenvalue weighted by Crippen LogP contribution is 2.22. The molecular weight excluding hydrogens is 292 g/mol. The number of aromatic nitrogens is 8. The molecule has 4 rings (SSSR count). The molecule has 0 unspecified atom stereocenters. The largest absolute Gasteiger partial charge is 0.264 e. The average Bonchev–Trinajstić information content (AvgIpc) is 3.16. The Balaban J connectivity index is 2.06. The van der Waals surface area contributed by atoms with Crippen LogP contribution in [0.1, 0.15) is 17.1 Å². The number of nitrogens with zero attached hydrogens (tertiary/aromatic N) is 8. The van der Waals surface area contributed by atoms with Crippen molar-refractivity contribution in [1.82, 2.24) is 39.3 Å². The Morgan fingerprint density at radius 1 is 1.00 bits per heavy atom. The van der Waals surface area contributed by atoms with Crippen LogP contribution in [0.15, 0.2) is 31.1 Å². The summed E-state index contributed by atoms with van der Waals surface area (Å²) in [5.41, 5.74) is 3.56. The molecule has 0 aliphatic carbocycles. The number of aryl methyl sites for hydroxylation is 3. The van der Waals surface area contributed by atoms with Crippen LogP contribution < -0.4 is 0 Å². The minimum atomic E-state index is 0.569. The molecule has 4 aromatic rings. The molecule has 23 heavy (non-hydrogen) atoms. The molecule has 0 saturated heterocycles. The highest BCUT2D eigenvalue weighted by atomic mass is 15.4. The summed E-state index contributed by atoms with van der Waals surface area (Å²) in [7, 11) is 0. The molecule has 114 valence electrons. The number of hydrogen-bond acceptors (Lipinski definition) is 6. The lowest BCUT2D eigenvalue weighted by atomic mass is 10.2. The monoisotopic (exact) mass is 306 g/mol. The summed E-state index contributed by atoms with van der Waals surface area (Å²) in [4.78, 5) is 17.4. The standard InChI is InChI=1S/C15H14N8/c1-9-4-12(6-16-5-9)14-20-15(22-8-17-7-18-22)13-10(2)19-11(3)23(13)21-14/h4-8H,1-3H3. The van der Waals surface area contributed by atoms with Crippen molar-refractivity contribution in [2.75, 3.05) is 0 Å². The van der Waals surface area contributed by atoms with Gasteiger partial charge in [-0.2, -0.15) is 5.10 Å². The lowest BCUT2D eigenvalue weighted by Crippen LogP contribution is -2.08. The average molecular weight is 306 g/mol. The molecule has 8 nitrogen and oxygen atoms in total. The SMILES string of the molecule is Cc1cncc(-c2nc(-n3cncn3)c3c(C)nc(C)n3n2)c1. The second kappa shape index (κ2) is 4.94. The van der Waals surface area contributed by atoms with E-state index in [-0.39, 0.29) is 0 Å². The van der Waals surface area contributed by atoms with Crippen molar-refractivity contribution in [3.8, 4) is 17.2 Å². The molecule has 0 saturated carbocycles. The second-order valence-electron chi connectivity index (χ2n) is 5.35. The topological polar surface area (TPSA) is 86.7 Å². The van der Waals surface area contributed by atoms with E-state index in [1.807, 2.05) is 26.8 Å². The summed E-state index contributed by atoms with van der Waals surface area (Å²) in [6.45, 7) is 5.83. The predicted molar refractivity (Wildman–Crippen MR) is 83.1 cm³/mol. The first kappa shape index (κ1) is 13.5. The Morgan fingerprint density at radius 2 is 1.87 bits per heavy atom. The smallest absolute Gasteiger partial charge is 0.185 e. The molecule has 0 aliphatic rings. The van der Waals surface area contributed by atoms with Crippen molar-refractivity contribution in [1.29, 1.82) is 0 Å². The van der Waals surface area contributed by atoms with Gasteiger partial charge in [-0.05, 0) is 32.4 Å². The molecule has 4 heterocycles. The van der Waals surface area contributed by atoms with Gasteiger partial charge >= 0.3 is 0 Å². The van der Waals surface area contributed by atoms with Crippen LogP contribution in [0.5, 0.6) is 0 Å². The zero-order chi connectivity index (χ0) is 16.0. The van der Waals surface area contributed by atoms with Gasteiger partial charge in [0.15, 0.2) is 11.6 Å². The maximum atomic E-state index is 4.68. The van der Waals surface area contributed by atoms with E-state index in [0.717, 1.165) is 28.2 Å². The van der Waals surface area contributed by atoms with Gasteiger partial charge in [0.2, 0.25) is 0 Å². The normalized spacial score (nSPS) is 11.3. The molecule has 0 N–H and O–H groups in total. The Morgan fingerprint density at radius 3 is 2.61 bits per heavy atom. The summed E-state index contributed by atoms with van der Waals surface area (Å²) >= 11 is 0. The summed E-state index contributed by atoms with van der Waals surface area (Å²) in [6.07, 6.45) is 6.64. The van der Waals surface area contributed by atoms with E-state index in [0.29, 0.717) is 11.6 Å². The van der Waals surface area contributed by atoms with E-state index >= 15 is 0 Å². The fraction of sp³-hybridized carbons (Fsp3) is 0.200. The molecule has 0 fully saturated rings. The van der Waals surface area contributed by atoms with E-state index in [9.17, 15) is 0 Å². The van der Waals surface area contributed by atoms with Gasteiger partial charge in [-0.1, -0.05) is 0 Å². The Labute approximate surface area is 131 Å². The maximum absolute atomic E-state index is 4.68. The summed E-state index contributed by atoms with van der Waals surface area (Å²) in [5, 5.41) is 8.82. The molecule has 0 spiro atoms. The van der Waals surface area contributed by atoms with E-state index in [1.165, 1.54) is 6.33 Å². The van der Waals surface area contributed by atoms with Crippen molar-refractivity contribution >= 4 is 5.52 Å². The lowest BCUT2D eigenvalue weighted by Gasteiger charge is -2.08. The fourth-order valence-corrected chi connectivity index (χ4v) is 2.58. The predicted octanol–water partition coefficient (Wildman–Crippen LogP) is 1.69. The van der Waals surface area contributed by atoms with Crippen molar-refractivity contribution < 1.29 is 0 Å². The number of hydrogen-bond donors (Lipinski definition) is 0. The second-order valence-corrected chi connectivity index (χ2v) is 5.35. The van der Waals surface area contributed by atoms with Crippen molar-refractivity contribution in [2.45, 2.75) is 20.8 Å². The van der Waals surface area contributed by atoms with Crippen molar-refractivity contribution in [2.24, 2.45) is 0 Å². The molecule has 0 radical (unpaired) electrons. The van der Waals surface area contributed by atoms with Gasteiger partial charge in [0, 0.05) is 18.0 Å². The minimum Gasteiger partial charge on any atom is -0.264 e. The third-order valence-corrected chi connectivity index (χ3v) is 3.58. The summed E-state index contributed by atoms with van der Waals surface area (Å²) < 4.78 is 3.41. The van der Waals surface area contributed by atoms with E-state index in [4.69, 9.17) is 0 Å². The van der Waals surface area contributed by atoms with Crippen LogP contribution in [0, 0.1) is 20.8 Å². The molecule has 0 aromatic carbocycles. The van der Waals surface area contributed by atoms with Gasteiger partial charge < -0.3 is 0 Å². The van der Waals surface area contributed by atoms with Crippen LogP contribution in [0.4, 0.5) is 0 Å². The molecule has 0 aliphatic heterocycles.